The number of rotatable bonds is 3. The number of hydrogen-bond acceptors (Lipinski definition) is 4. The molecule has 1 aliphatic rings. The SMILES string of the molecule is COc1ccc(N)cc1C(=O)NN1C(C)CCCC1C. The molecule has 1 aliphatic heterocycles. The lowest BCUT2D eigenvalue weighted by atomic mass is 10.00. The molecule has 1 amide bonds. The third-order valence-corrected chi connectivity index (χ3v) is 3.89. The molecule has 110 valence electrons. The second-order valence-corrected chi connectivity index (χ2v) is 5.44. The predicted octanol–water partition coefficient (Wildman–Crippen LogP) is 2.19. The van der Waals surface area contributed by atoms with Crippen molar-refractivity contribution in [1.29, 1.82) is 0 Å². The molecule has 0 radical (unpaired) electrons. The molecule has 20 heavy (non-hydrogen) atoms. The smallest absolute Gasteiger partial charge is 0.269 e. The lowest BCUT2D eigenvalue weighted by Crippen LogP contribution is -2.54. The van der Waals surface area contributed by atoms with Crippen LogP contribution in [0.4, 0.5) is 5.69 Å². The number of nitrogens with zero attached hydrogens (tertiary/aromatic N) is 1. The van der Waals surface area contributed by atoms with Crippen LogP contribution in [-0.2, 0) is 0 Å². The molecule has 1 fully saturated rings. The molecule has 0 saturated carbocycles. The van der Waals surface area contributed by atoms with E-state index in [1.807, 2.05) is 5.01 Å². The molecular formula is C15H23N3O2. The van der Waals surface area contributed by atoms with Gasteiger partial charge in [0, 0.05) is 17.8 Å². The van der Waals surface area contributed by atoms with Crippen LogP contribution in [0.2, 0.25) is 0 Å². The van der Waals surface area contributed by atoms with Crippen LogP contribution in [-0.4, -0.2) is 30.1 Å². The number of anilines is 1. The molecule has 0 aliphatic carbocycles. The minimum absolute atomic E-state index is 0.172. The number of nitrogens with two attached hydrogens (primary N) is 1. The van der Waals surface area contributed by atoms with Crippen LogP contribution in [0.15, 0.2) is 18.2 Å². The van der Waals surface area contributed by atoms with E-state index in [1.165, 1.54) is 6.42 Å². The highest BCUT2D eigenvalue weighted by atomic mass is 16.5. The number of benzene rings is 1. The number of piperidine rings is 1. The number of hydrazine groups is 1. The van der Waals surface area contributed by atoms with Gasteiger partial charge in [0.05, 0.1) is 12.7 Å². The van der Waals surface area contributed by atoms with E-state index < -0.39 is 0 Å². The Hall–Kier alpha value is -1.75. The lowest BCUT2D eigenvalue weighted by Gasteiger charge is -2.38. The number of hydrogen-bond donors (Lipinski definition) is 2. The maximum Gasteiger partial charge on any atom is 0.269 e. The zero-order chi connectivity index (χ0) is 14.7. The van der Waals surface area contributed by atoms with Gasteiger partial charge in [-0.3, -0.25) is 10.2 Å². The van der Waals surface area contributed by atoms with Gasteiger partial charge in [0.25, 0.3) is 5.91 Å². The summed E-state index contributed by atoms with van der Waals surface area (Å²) in [4.78, 5) is 12.4. The number of ether oxygens (including phenoxy) is 1. The molecule has 5 heteroatoms. The van der Waals surface area contributed by atoms with Crippen molar-refractivity contribution >= 4 is 11.6 Å². The summed E-state index contributed by atoms with van der Waals surface area (Å²) in [7, 11) is 1.55. The highest BCUT2D eigenvalue weighted by molar-refractivity contribution is 5.97. The van der Waals surface area contributed by atoms with Crippen LogP contribution in [0.25, 0.3) is 0 Å². The molecule has 5 nitrogen and oxygen atoms in total. The first-order valence-electron chi connectivity index (χ1n) is 7.05. The van der Waals surface area contributed by atoms with Gasteiger partial charge in [0.15, 0.2) is 0 Å². The fourth-order valence-electron chi connectivity index (χ4n) is 2.72. The van der Waals surface area contributed by atoms with Crippen molar-refractivity contribution < 1.29 is 9.53 Å². The first-order chi connectivity index (χ1) is 9.52. The van der Waals surface area contributed by atoms with Crippen molar-refractivity contribution in [2.75, 3.05) is 12.8 Å². The standard InChI is InChI=1S/C15H23N3O2/c1-10-5-4-6-11(2)18(10)17-15(19)13-9-12(16)7-8-14(13)20-3/h7-11H,4-6,16H2,1-3H3,(H,17,19). The predicted molar refractivity (Wildman–Crippen MR) is 79.5 cm³/mol. The molecule has 2 rings (SSSR count). The summed E-state index contributed by atoms with van der Waals surface area (Å²) >= 11 is 0. The fourth-order valence-corrected chi connectivity index (χ4v) is 2.72. The molecule has 2 unspecified atom stereocenters. The van der Waals surface area contributed by atoms with E-state index >= 15 is 0 Å². The van der Waals surface area contributed by atoms with Crippen LogP contribution < -0.4 is 15.9 Å². The van der Waals surface area contributed by atoms with Crippen molar-refractivity contribution in [2.45, 2.75) is 45.2 Å². The average molecular weight is 277 g/mol. The summed E-state index contributed by atoms with van der Waals surface area (Å²) in [6, 6.07) is 5.77. The molecule has 0 bridgehead atoms. The van der Waals surface area contributed by atoms with E-state index in [0.29, 0.717) is 29.1 Å². The second kappa shape index (κ2) is 6.13. The summed E-state index contributed by atoms with van der Waals surface area (Å²) in [5.41, 5.74) is 9.78. The molecule has 3 N–H and O–H groups in total. The molecule has 2 atom stereocenters. The maximum atomic E-state index is 12.4. The van der Waals surface area contributed by atoms with Gasteiger partial charge in [0.1, 0.15) is 5.75 Å². The molecule has 1 heterocycles. The van der Waals surface area contributed by atoms with E-state index in [0.717, 1.165) is 12.8 Å². The minimum Gasteiger partial charge on any atom is -0.496 e. The fraction of sp³-hybridized carbons (Fsp3) is 0.533. The average Bonchev–Trinajstić information content (AvgIpc) is 2.43. The molecular weight excluding hydrogens is 254 g/mol. The Morgan fingerprint density at radius 3 is 2.60 bits per heavy atom. The Morgan fingerprint density at radius 2 is 2.00 bits per heavy atom. The Kier molecular flexibility index (Phi) is 4.49. The van der Waals surface area contributed by atoms with Gasteiger partial charge >= 0.3 is 0 Å². The van der Waals surface area contributed by atoms with E-state index in [4.69, 9.17) is 10.5 Å². The first kappa shape index (κ1) is 14.7. The van der Waals surface area contributed by atoms with Gasteiger partial charge < -0.3 is 10.5 Å². The summed E-state index contributed by atoms with van der Waals surface area (Å²) in [5, 5.41) is 2.04. The normalized spacial score (nSPS) is 23.4. The summed E-state index contributed by atoms with van der Waals surface area (Å²) in [6.07, 6.45) is 3.40. The number of carbonyl (C=O) groups is 1. The first-order valence-corrected chi connectivity index (χ1v) is 7.05. The number of amides is 1. The van der Waals surface area contributed by atoms with E-state index in [1.54, 1.807) is 25.3 Å². The maximum absolute atomic E-state index is 12.4. The van der Waals surface area contributed by atoms with Gasteiger partial charge in [-0.05, 0) is 44.9 Å². The summed E-state index contributed by atoms with van der Waals surface area (Å²) in [5.74, 6) is 0.365. The van der Waals surface area contributed by atoms with Crippen LogP contribution in [0.1, 0.15) is 43.5 Å². The molecule has 0 aromatic heterocycles. The quantitative estimate of drug-likeness (QED) is 0.831. The largest absolute Gasteiger partial charge is 0.496 e. The van der Waals surface area contributed by atoms with Gasteiger partial charge in [-0.1, -0.05) is 6.42 Å². The highest BCUT2D eigenvalue weighted by Gasteiger charge is 2.27. The van der Waals surface area contributed by atoms with Crippen LogP contribution >= 0.6 is 0 Å². The third kappa shape index (κ3) is 3.04. The zero-order valence-corrected chi connectivity index (χ0v) is 12.3. The molecule has 1 aromatic carbocycles. The van der Waals surface area contributed by atoms with Crippen molar-refractivity contribution in [3.8, 4) is 5.75 Å². The Morgan fingerprint density at radius 1 is 1.35 bits per heavy atom. The van der Waals surface area contributed by atoms with E-state index in [-0.39, 0.29) is 5.91 Å². The zero-order valence-electron chi connectivity index (χ0n) is 12.3. The van der Waals surface area contributed by atoms with E-state index in [2.05, 4.69) is 19.3 Å². The summed E-state index contributed by atoms with van der Waals surface area (Å²) < 4.78 is 5.23. The Balaban J connectivity index is 2.17. The Labute approximate surface area is 120 Å². The van der Waals surface area contributed by atoms with Gasteiger partial charge in [0.2, 0.25) is 0 Å². The van der Waals surface area contributed by atoms with Crippen molar-refractivity contribution in [1.82, 2.24) is 10.4 Å². The highest BCUT2D eigenvalue weighted by Crippen LogP contribution is 2.23. The van der Waals surface area contributed by atoms with Crippen LogP contribution in [0.5, 0.6) is 5.75 Å². The van der Waals surface area contributed by atoms with Crippen molar-refractivity contribution in [3.05, 3.63) is 23.8 Å². The Bertz CT molecular complexity index is 480. The monoisotopic (exact) mass is 277 g/mol. The molecule has 1 aromatic rings. The molecule has 1 saturated heterocycles. The second-order valence-electron chi connectivity index (χ2n) is 5.44. The van der Waals surface area contributed by atoms with Crippen molar-refractivity contribution in [3.63, 3.8) is 0 Å². The lowest BCUT2D eigenvalue weighted by molar-refractivity contribution is 0.0368. The van der Waals surface area contributed by atoms with Gasteiger partial charge in [-0.15, -0.1) is 0 Å². The number of nitrogens with one attached hydrogen (secondary N) is 1. The van der Waals surface area contributed by atoms with Crippen LogP contribution in [0, 0.1) is 0 Å². The third-order valence-electron chi connectivity index (χ3n) is 3.89. The van der Waals surface area contributed by atoms with Gasteiger partial charge in [-0.2, -0.15) is 0 Å². The molecule has 0 spiro atoms. The van der Waals surface area contributed by atoms with Gasteiger partial charge in [-0.25, -0.2) is 5.01 Å². The number of nitrogen functional groups attached to an aromatic ring is 1. The van der Waals surface area contributed by atoms with Crippen molar-refractivity contribution in [2.24, 2.45) is 0 Å². The minimum atomic E-state index is -0.172. The van der Waals surface area contributed by atoms with E-state index in [9.17, 15) is 4.79 Å². The summed E-state index contributed by atoms with van der Waals surface area (Å²) in [6.45, 7) is 4.26. The van der Waals surface area contributed by atoms with Crippen LogP contribution in [0.3, 0.4) is 0 Å². The topological polar surface area (TPSA) is 67.6 Å². The number of carbonyl (C=O) groups excluding carboxylic acids is 1. The number of methoxy groups -OCH3 is 1.